The van der Waals surface area contributed by atoms with Crippen molar-refractivity contribution in [3.8, 4) is 0 Å². The van der Waals surface area contributed by atoms with Crippen LogP contribution < -0.4 is 5.32 Å². The Morgan fingerprint density at radius 1 is 1.59 bits per heavy atom. The SMILES string of the molecule is CCNCc1nccn1CC1CN(C)CCO1. The molecule has 0 spiro atoms. The van der Waals surface area contributed by atoms with Gasteiger partial charge in [0.1, 0.15) is 5.82 Å². The molecule has 17 heavy (non-hydrogen) atoms. The molecular weight excluding hydrogens is 216 g/mol. The van der Waals surface area contributed by atoms with E-state index in [4.69, 9.17) is 4.74 Å². The number of ether oxygens (including phenoxy) is 1. The van der Waals surface area contributed by atoms with E-state index in [1.165, 1.54) is 0 Å². The number of likely N-dealkylation sites (N-methyl/N-ethyl adjacent to an activating group) is 1. The minimum absolute atomic E-state index is 0.281. The van der Waals surface area contributed by atoms with Crippen molar-refractivity contribution in [3.05, 3.63) is 18.2 Å². The van der Waals surface area contributed by atoms with E-state index in [-0.39, 0.29) is 6.10 Å². The fourth-order valence-electron chi connectivity index (χ4n) is 2.11. The van der Waals surface area contributed by atoms with E-state index < -0.39 is 0 Å². The summed E-state index contributed by atoms with van der Waals surface area (Å²) < 4.78 is 7.96. The van der Waals surface area contributed by atoms with Crippen molar-refractivity contribution in [1.29, 1.82) is 0 Å². The van der Waals surface area contributed by atoms with Gasteiger partial charge in [0.05, 0.1) is 25.8 Å². The molecule has 0 radical (unpaired) electrons. The van der Waals surface area contributed by atoms with Crippen LogP contribution in [0.25, 0.3) is 0 Å². The predicted octanol–water partition coefficient (Wildman–Crippen LogP) is 0.323. The summed E-state index contributed by atoms with van der Waals surface area (Å²) in [4.78, 5) is 6.68. The van der Waals surface area contributed by atoms with Gasteiger partial charge in [0, 0.05) is 25.5 Å². The molecule has 1 aliphatic heterocycles. The van der Waals surface area contributed by atoms with Gasteiger partial charge in [0.2, 0.25) is 0 Å². The van der Waals surface area contributed by atoms with Gasteiger partial charge in [-0.15, -0.1) is 0 Å². The molecule has 1 N–H and O–H groups in total. The molecule has 0 aromatic carbocycles. The minimum Gasteiger partial charge on any atom is -0.374 e. The Kier molecular flexibility index (Phi) is 4.53. The number of nitrogens with zero attached hydrogens (tertiary/aromatic N) is 3. The Bertz CT molecular complexity index is 339. The molecule has 2 rings (SSSR count). The minimum atomic E-state index is 0.281. The average molecular weight is 238 g/mol. The molecular formula is C12H22N4O. The zero-order chi connectivity index (χ0) is 12.1. The maximum absolute atomic E-state index is 5.77. The number of rotatable bonds is 5. The highest BCUT2D eigenvalue weighted by atomic mass is 16.5. The monoisotopic (exact) mass is 238 g/mol. The van der Waals surface area contributed by atoms with Gasteiger partial charge in [0.15, 0.2) is 0 Å². The first-order valence-corrected chi connectivity index (χ1v) is 6.30. The number of aromatic nitrogens is 2. The molecule has 5 nitrogen and oxygen atoms in total. The van der Waals surface area contributed by atoms with Crippen molar-refractivity contribution in [2.75, 3.05) is 33.3 Å². The van der Waals surface area contributed by atoms with Crippen LogP contribution in [-0.2, 0) is 17.8 Å². The highest BCUT2D eigenvalue weighted by molar-refractivity contribution is 4.93. The molecule has 1 fully saturated rings. The lowest BCUT2D eigenvalue weighted by Gasteiger charge is -2.30. The molecule has 1 aromatic rings. The van der Waals surface area contributed by atoms with Gasteiger partial charge in [-0.3, -0.25) is 0 Å². The third-order valence-electron chi connectivity index (χ3n) is 3.08. The van der Waals surface area contributed by atoms with Crippen molar-refractivity contribution in [1.82, 2.24) is 19.8 Å². The molecule has 0 bridgehead atoms. The van der Waals surface area contributed by atoms with Crippen molar-refractivity contribution in [2.45, 2.75) is 26.1 Å². The lowest BCUT2D eigenvalue weighted by atomic mass is 10.3. The first-order chi connectivity index (χ1) is 8.29. The third-order valence-corrected chi connectivity index (χ3v) is 3.08. The molecule has 5 heteroatoms. The second-order valence-corrected chi connectivity index (χ2v) is 4.53. The summed E-state index contributed by atoms with van der Waals surface area (Å²) in [6.45, 7) is 7.65. The van der Waals surface area contributed by atoms with Crippen LogP contribution in [-0.4, -0.2) is 53.8 Å². The van der Waals surface area contributed by atoms with Gasteiger partial charge in [-0.1, -0.05) is 6.92 Å². The number of hydrogen-bond donors (Lipinski definition) is 1. The number of morpholine rings is 1. The Balaban J connectivity index is 1.91. The van der Waals surface area contributed by atoms with E-state index in [1.54, 1.807) is 0 Å². The van der Waals surface area contributed by atoms with Crippen LogP contribution >= 0.6 is 0 Å². The Morgan fingerprint density at radius 2 is 2.47 bits per heavy atom. The molecule has 1 aliphatic rings. The average Bonchev–Trinajstić information content (AvgIpc) is 2.74. The molecule has 0 saturated carbocycles. The molecule has 1 aromatic heterocycles. The zero-order valence-electron chi connectivity index (χ0n) is 10.7. The van der Waals surface area contributed by atoms with Crippen molar-refractivity contribution < 1.29 is 4.74 Å². The molecule has 0 aliphatic carbocycles. The van der Waals surface area contributed by atoms with Gasteiger partial charge in [-0.25, -0.2) is 4.98 Å². The fourth-order valence-corrected chi connectivity index (χ4v) is 2.11. The normalized spacial score (nSPS) is 21.9. The largest absolute Gasteiger partial charge is 0.374 e. The maximum Gasteiger partial charge on any atom is 0.122 e. The van der Waals surface area contributed by atoms with E-state index in [9.17, 15) is 0 Å². The van der Waals surface area contributed by atoms with E-state index in [0.717, 1.165) is 45.2 Å². The summed E-state index contributed by atoms with van der Waals surface area (Å²) in [5, 5.41) is 3.30. The molecule has 1 atom stereocenters. The Morgan fingerprint density at radius 3 is 3.24 bits per heavy atom. The highest BCUT2D eigenvalue weighted by Crippen LogP contribution is 2.07. The summed E-state index contributed by atoms with van der Waals surface area (Å²) >= 11 is 0. The highest BCUT2D eigenvalue weighted by Gasteiger charge is 2.18. The molecule has 1 saturated heterocycles. The summed E-state index contributed by atoms with van der Waals surface area (Å²) in [6, 6.07) is 0. The zero-order valence-corrected chi connectivity index (χ0v) is 10.7. The van der Waals surface area contributed by atoms with E-state index >= 15 is 0 Å². The molecule has 2 heterocycles. The lowest BCUT2D eigenvalue weighted by molar-refractivity contribution is -0.0278. The van der Waals surface area contributed by atoms with Crippen LogP contribution in [0.3, 0.4) is 0 Å². The van der Waals surface area contributed by atoms with Crippen molar-refractivity contribution in [2.24, 2.45) is 0 Å². The second-order valence-electron chi connectivity index (χ2n) is 4.53. The maximum atomic E-state index is 5.77. The van der Waals surface area contributed by atoms with Crippen LogP contribution in [0.1, 0.15) is 12.7 Å². The van der Waals surface area contributed by atoms with Gasteiger partial charge in [-0.2, -0.15) is 0 Å². The Hall–Kier alpha value is -0.910. The van der Waals surface area contributed by atoms with Crippen molar-refractivity contribution >= 4 is 0 Å². The van der Waals surface area contributed by atoms with Crippen LogP contribution in [0, 0.1) is 0 Å². The predicted molar refractivity (Wildman–Crippen MR) is 66.8 cm³/mol. The van der Waals surface area contributed by atoms with Crippen molar-refractivity contribution in [3.63, 3.8) is 0 Å². The summed E-state index contributed by atoms with van der Waals surface area (Å²) in [5.74, 6) is 1.09. The summed E-state index contributed by atoms with van der Waals surface area (Å²) in [6.07, 6.45) is 4.17. The van der Waals surface area contributed by atoms with Gasteiger partial charge in [0.25, 0.3) is 0 Å². The smallest absolute Gasteiger partial charge is 0.122 e. The van der Waals surface area contributed by atoms with Crippen LogP contribution in [0.2, 0.25) is 0 Å². The van der Waals surface area contributed by atoms with Crippen LogP contribution in [0.15, 0.2) is 12.4 Å². The topological polar surface area (TPSA) is 42.3 Å². The van der Waals surface area contributed by atoms with E-state index in [1.807, 2.05) is 12.4 Å². The van der Waals surface area contributed by atoms with Crippen LogP contribution in [0.4, 0.5) is 0 Å². The third kappa shape index (κ3) is 3.52. The van der Waals surface area contributed by atoms with Crippen LogP contribution in [0.5, 0.6) is 0 Å². The first-order valence-electron chi connectivity index (χ1n) is 6.30. The first kappa shape index (κ1) is 12.5. The Labute approximate surface area is 103 Å². The standard InChI is InChI=1S/C12H22N4O/c1-3-13-8-12-14-4-5-16(12)10-11-9-15(2)6-7-17-11/h4-5,11,13H,3,6-10H2,1-2H3. The van der Waals surface area contributed by atoms with Gasteiger partial charge in [-0.05, 0) is 13.6 Å². The number of hydrogen-bond acceptors (Lipinski definition) is 4. The second kappa shape index (κ2) is 6.14. The fraction of sp³-hybridized carbons (Fsp3) is 0.750. The summed E-state index contributed by atoms with van der Waals surface area (Å²) in [5.41, 5.74) is 0. The molecule has 1 unspecified atom stereocenters. The van der Waals surface area contributed by atoms with Gasteiger partial charge < -0.3 is 19.5 Å². The van der Waals surface area contributed by atoms with E-state index in [2.05, 4.69) is 33.7 Å². The van der Waals surface area contributed by atoms with Gasteiger partial charge >= 0.3 is 0 Å². The molecule has 96 valence electrons. The van der Waals surface area contributed by atoms with E-state index in [0.29, 0.717) is 0 Å². The quantitative estimate of drug-likeness (QED) is 0.802. The lowest BCUT2D eigenvalue weighted by Crippen LogP contribution is -2.42. The number of nitrogens with one attached hydrogen (secondary N) is 1. The summed E-state index contributed by atoms with van der Waals surface area (Å²) in [7, 11) is 2.14. The number of imidazole rings is 1. The molecule has 0 amide bonds.